The van der Waals surface area contributed by atoms with E-state index in [4.69, 9.17) is 18.8 Å². The van der Waals surface area contributed by atoms with Crippen LogP contribution in [-0.2, 0) is 10.0 Å². The van der Waals surface area contributed by atoms with Gasteiger partial charge in [-0.1, -0.05) is 5.16 Å². The molecule has 0 aromatic carbocycles. The van der Waals surface area contributed by atoms with E-state index in [1.807, 2.05) is 0 Å². The molecule has 9 nitrogen and oxygen atoms in total. The molecule has 0 unspecified atom stereocenters. The van der Waals surface area contributed by atoms with E-state index < -0.39 is 10.0 Å². The molecule has 23 heavy (non-hydrogen) atoms. The monoisotopic (exact) mass is 336 g/mol. The summed E-state index contributed by atoms with van der Waals surface area (Å²) < 4.78 is 38.0. The first-order chi connectivity index (χ1) is 10.9. The maximum absolute atomic E-state index is 11.3. The number of sulfonamides is 1. The lowest BCUT2D eigenvalue weighted by molar-refractivity contribution is 0.398. The fraction of sp³-hybridized carbons (Fsp3) is 0.154. The number of hydrogen-bond acceptors (Lipinski definition) is 8. The molecule has 0 saturated carbocycles. The van der Waals surface area contributed by atoms with Crippen LogP contribution >= 0.6 is 0 Å². The fourth-order valence-electron chi connectivity index (χ4n) is 1.92. The van der Waals surface area contributed by atoms with Crippen LogP contribution in [0.3, 0.4) is 0 Å². The highest BCUT2D eigenvalue weighted by Gasteiger charge is 2.21. The van der Waals surface area contributed by atoms with Gasteiger partial charge in [0.2, 0.25) is 16.8 Å². The van der Waals surface area contributed by atoms with Crippen LogP contribution in [0, 0.1) is 6.92 Å². The molecule has 3 rings (SSSR count). The molecule has 0 aliphatic carbocycles. The van der Waals surface area contributed by atoms with Crippen molar-refractivity contribution in [1.29, 1.82) is 0 Å². The normalized spacial score (nSPS) is 11.6. The molecule has 0 bridgehead atoms. The Hall–Kier alpha value is -2.72. The van der Waals surface area contributed by atoms with Crippen molar-refractivity contribution in [3.8, 4) is 28.7 Å². The lowest BCUT2D eigenvalue weighted by Gasteiger charge is -1.98. The van der Waals surface area contributed by atoms with Crippen LogP contribution in [0.4, 0.5) is 0 Å². The predicted octanol–water partition coefficient (Wildman–Crippen LogP) is 1.36. The summed E-state index contributed by atoms with van der Waals surface area (Å²) >= 11 is 0. The van der Waals surface area contributed by atoms with Crippen LogP contribution in [0.2, 0.25) is 0 Å². The van der Waals surface area contributed by atoms with Gasteiger partial charge in [0.25, 0.3) is 15.9 Å². The van der Waals surface area contributed by atoms with Crippen LogP contribution in [0.5, 0.6) is 5.88 Å². The number of primary sulfonamides is 1. The maximum atomic E-state index is 11.3. The molecular weight excluding hydrogens is 324 g/mol. The van der Waals surface area contributed by atoms with Crippen molar-refractivity contribution < 1.29 is 22.1 Å². The Morgan fingerprint density at radius 2 is 2.09 bits per heavy atom. The van der Waals surface area contributed by atoms with Crippen LogP contribution in [-0.4, -0.2) is 30.7 Å². The number of aryl methyl sites for hydroxylation is 1. The minimum Gasteiger partial charge on any atom is -0.481 e. The Kier molecular flexibility index (Phi) is 3.62. The first-order valence-electron chi connectivity index (χ1n) is 6.36. The molecule has 120 valence electrons. The van der Waals surface area contributed by atoms with E-state index >= 15 is 0 Å². The third-order valence-corrected chi connectivity index (χ3v) is 3.80. The van der Waals surface area contributed by atoms with Gasteiger partial charge in [-0.2, -0.15) is 4.98 Å². The highest BCUT2D eigenvalue weighted by atomic mass is 32.2. The van der Waals surface area contributed by atoms with Gasteiger partial charge < -0.3 is 13.7 Å². The zero-order chi connectivity index (χ0) is 16.6. The smallest absolute Gasteiger partial charge is 0.271 e. The fourth-order valence-corrected chi connectivity index (χ4v) is 2.44. The van der Waals surface area contributed by atoms with Crippen molar-refractivity contribution in [3.63, 3.8) is 0 Å². The molecule has 0 spiro atoms. The Morgan fingerprint density at radius 3 is 2.74 bits per heavy atom. The standard InChI is InChI=1S/C13H12N4O5S/c1-7-9(6-11(21-7)23(14,18)19)13-16-12(17-22-13)8-3-4-15-10(5-8)20-2/h3-6H,1-2H3,(H2,14,18,19). The number of nitrogens with zero attached hydrogens (tertiary/aromatic N) is 3. The van der Waals surface area contributed by atoms with E-state index in [0.717, 1.165) is 0 Å². The van der Waals surface area contributed by atoms with E-state index in [1.165, 1.54) is 13.2 Å². The quantitative estimate of drug-likeness (QED) is 0.754. The summed E-state index contributed by atoms with van der Waals surface area (Å²) in [6.07, 6.45) is 1.55. The van der Waals surface area contributed by atoms with Gasteiger partial charge in [0, 0.05) is 23.9 Å². The third kappa shape index (κ3) is 2.94. The van der Waals surface area contributed by atoms with Gasteiger partial charge in [0.15, 0.2) is 0 Å². The lowest BCUT2D eigenvalue weighted by Crippen LogP contribution is -2.10. The van der Waals surface area contributed by atoms with Crippen molar-refractivity contribution in [2.45, 2.75) is 12.0 Å². The van der Waals surface area contributed by atoms with E-state index in [-0.39, 0.29) is 11.0 Å². The van der Waals surface area contributed by atoms with Crippen molar-refractivity contribution in [1.82, 2.24) is 15.1 Å². The maximum Gasteiger partial charge on any atom is 0.271 e. The number of furan rings is 1. The molecular formula is C13H12N4O5S. The van der Waals surface area contributed by atoms with Crippen molar-refractivity contribution >= 4 is 10.0 Å². The van der Waals surface area contributed by atoms with Gasteiger partial charge in [-0.15, -0.1) is 0 Å². The third-order valence-electron chi connectivity index (χ3n) is 3.03. The largest absolute Gasteiger partial charge is 0.481 e. The van der Waals surface area contributed by atoms with Gasteiger partial charge in [-0.05, 0) is 13.0 Å². The number of aromatic nitrogens is 3. The summed E-state index contributed by atoms with van der Waals surface area (Å²) in [5.74, 6) is 1.13. The minimum atomic E-state index is -3.95. The summed E-state index contributed by atoms with van der Waals surface area (Å²) in [5.41, 5.74) is 0.994. The highest BCUT2D eigenvalue weighted by molar-refractivity contribution is 7.89. The van der Waals surface area contributed by atoms with Crippen LogP contribution in [0.1, 0.15) is 5.76 Å². The molecule has 0 amide bonds. The zero-order valence-corrected chi connectivity index (χ0v) is 13.0. The molecule has 3 heterocycles. The topological polar surface area (TPSA) is 134 Å². The van der Waals surface area contributed by atoms with Crippen molar-refractivity contribution in [2.24, 2.45) is 5.14 Å². The lowest BCUT2D eigenvalue weighted by atomic mass is 10.2. The van der Waals surface area contributed by atoms with Crippen molar-refractivity contribution in [2.75, 3.05) is 7.11 Å². The first-order valence-corrected chi connectivity index (χ1v) is 7.91. The average molecular weight is 336 g/mol. The number of nitrogens with two attached hydrogens (primary N) is 1. The second-order valence-electron chi connectivity index (χ2n) is 4.59. The second-order valence-corrected chi connectivity index (χ2v) is 6.08. The Labute approximate surface area is 131 Å². The van der Waals surface area contributed by atoms with Gasteiger partial charge in [0.1, 0.15) is 5.76 Å². The highest BCUT2D eigenvalue weighted by Crippen LogP contribution is 2.29. The number of ether oxygens (including phenoxy) is 1. The van der Waals surface area contributed by atoms with E-state index in [2.05, 4.69) is 15.1 Å². The minimum absolute atomic E-state index is 0.118. The predicted molar refractivity (Wildman–Crippen MR) is 77.9 cm³/mol. The number of methoxy groups -OCH3 is 1. The summed E-state index contributed by atoms with van der Waals surface area (Å²) in [5, 5.41) is 8.53. The summed E-state index contributed by atoms with van der Waals surface area (Å²) in [6.45, 7) is 1.57. The molecule has 3 aromatic rings. The van der Waals surface area contributed by atoms with Gasteiger partial charge in [-0.25, -0.2) is 18.5 Å². The zero-order valence-electron chi connectivity index (χ0n) is 12.2. The van der Waals surface area contributed by atoms with Crippen LogP contribution in [0.15, 0.2) is 38.4 Å². The molecule has 0 aliphatic heterocycles. The summed E-state index contributed by atoms with van der Waals surface area (Å²) in [7, 11) is -2.45. The first kappa shape index (κ1) is 15.2. The molecule has 3 aromatic heterocycles. The molecule has 0 fully saturated rings. The second kappa shape index (κ2) is 5.48. The molecule has 0 radical (unpaired) electrons. The Morgan fingerprint density at radius 1 is 1.30 bits per heavy atom. The summed E-state index contributed by atoms with van der Waals surface area (Å²) in [4.78, 5) is 8.21. The van der Waals surface area contributed by atoms with E-state index in [0.29, 0.717) is 28.6 Å². The molecule has 10 heteroatoms. The number of pyridine rings is 1. The van der Waals surface area contributed by atoms with E-state index in [9.17, 15) is 8.42 Å². The van der Waals surface area contributed by atoms with Gasteiger partial charge in [-0.3, -0.25) is 0 Å². The molecule has 0 aliphatic rings. The van der Waals surface area contributed by atoms with Crippen LogP contribution in [0.25, 0.3) is 22.8 Å². The molecule has 0 saturated heterocycles. The van der Waals surface area contributed by atoms with Crippen LogP contribution < -0.4 is 9.88 Å². The SMILES string of the molecule is COc1cc(-c2noc(-c3cc(S(N)(=O)=O)oc3C)n2)ccn1. The van der Waals surface area contributed by atoms with Crippen molar-refractivity contribution in [3.05, 3.63) is 30.2 Å². The number of rotatable bonds is 4. The Balaban J connectivity index is 2.01. The summed E-state index contributed by atoms with van der Waals surface area (Å²) in [6, 6.07) is 4.58. The number of hydrogen-bond donors (Lipinski definition) is 1. The molecule has 0 atom stereocenters. The Bertz CT molecular complexity index is 960. The van der Waals surface area contributed by atoms with E-state index in [1.54, 1.807) is 25.3 Å². The average Bonchev–Trinajstić information content (AvgIpc) is 3.13. The molecule has 2 N–H and O–H groups in total. The van der Waals surface area contributed by atoms with Gasteiger partial charge >= 0.3 is 0 Å². The van der Waals surface area contributed by atoms with Gasteiger partial charge in [0.05, 0.1) is 12.7 Å².